The van der Waals surface area contributed by atoms with E-state index in [-0.39, 0.29) is 12.5 Å². The summed E-state index contributed by atoms with van der Waals surface area (Å²) in [4.78, 5) is 0. The van der Waals surface area contributed by atoms with Gasteiger partial charge in [0.05, 0.1) is 5.92 Å². The maximum Gasteiger partial charge on any atom is 0.391 e. The summed E-state index contributed by atoms with van der Waals surface area (Å²) in [5.41, 5.74) is 0. The summed E-state index contributed by atoms with van der Waals surface area (Å²) in [5.74, 6) is 0.413. The van der Waals surface area contributed by atoms with Crippen molar-refractivity contribution in [2.45, 2.75) is 51.2 Å². The predicted molar refractivity (Wildman–Crippen MR) is 57.1 cm³/mol. The van der Waals surface area contributed by atoms with Crippen LogP contribution in [-0.2, 0) is 0 Å². The molecule has 4 heteroatoms. The lowest BCUT2D eigenvalue weighted by molar-refractivity contribution is -0.183. The van der Waals surface area contributed by atoms with Crippen LogP contribution in [0, 0.1) is 17.8 Å². The minimum Gasteiger partial charge on any atom is -0.314 e. The smallest absolute Gasteiger partial charge is 0.314 e. The normalized spacial score (nSPS) is 39.8. The number of halogens is 3. The summed E-state index contributed by atoms with van der Waals surface area (Å²) in [7, 11) is 0. The summed E-state index contributed by atoms with van der Waals surface area (Å²) in [6.45, 7) is 3.11. The van der Waals surface area contributed by atoms with E-state index in [0.717, 1.165) is 18.9 Å². The summed E-state index contributed by atoms with van der Waals surface area (Å²) in [6, 6.07) is 0.0909. The monoisotopic (exact) mass is 235 g/mol. The number of rotatable bonds is 3. The van der Waals surface area contributed by atoms with Gasteiger partial charge in [-0.1, -0.05) is 13.3 Å². The average Bonchev–Trinajstić information content (AvgIpc) is 2.91. The van der Waals surface area contributed by atoms with Gasteiger partial charge in [0.1, 0.15) is 0 Å². The van der Waals surface area contributed by atoms with Crippen LogP contribution in [0.1, 0.15) is 39.0 Å². The van der Waals surface area contributed by atoms with Gasteiger partial charge in [0.15, 0.2) is 0 Å². The van der Waals surface area contributed by atoms with Crippen molar-refractivity contribution < 1.29 is 13.2 Å². The molecule has 0 aromatic heterocycles. The van der Waals surface area contributed by atoms with Gasteiger partial charge < -0.3 is 5.32 Å². The second-order valence-corrected chi connectivity index (χ2v) is 5.48. The van der Waals surface area contributed by atoms with E-state index in [0.29, 0.717) is 18.8 Å². The third-order valence-electron chi connectivity index (χ3n) is 4.08. The van der Waals surface area contributed by atoms with Gasteiger partial charge in [-0.05, 0) is 44.1 Å². The Hall–Kier alpha value is -0.250. The van der Waals surface area contributed by atoms with Gasteiger partial charge >= 0.3 is 6.18 Å². The fraction of sp³-hybridized carbons (Fsp3) is 1.00. The van der Waals surface area contributed by atoms with E-state index in [9.17, 15) is 13.2 Å². The first-order valence-electron chi connectivity index (χ1n) is 6.27. The summed E-state index contributed by atoms with van der Waals surface area (Å²) < 4.78 is 37.7. The molecule has 16 heavy (non-hydrogen) atoms. The minimum absolute atomic E-state index is 0.0909. The van der Waals surface area contributed by atoms with E-state index in [1.807, 2.05) is 0 Å². The second-order valence-electron chi connectivity index (χ2n) is 5.48. The molecule has 94 valence electrons. The Morgan fingerprint density at radius 2 is 1.88 bits per heavy atom. The first-order valence-corrected chi connectivity index (χ1v) is 6.27. The Kier molecular flexibility index (Phi) is 3.48. The molecule has 2 aliphatic rings. The molecule has 2 aliphatic carbocycles. The molecule has 0 heterocycles. The molecule has 1 nitrogen and oxygen atoms in total. The molecule has 0 saturated heterocycles. The molecule has 0 aliphatic heterocycles. The highest BCUT2D eigenvalue weighted by atomic mass is 19.4. The number of alkyl halides is 3. The molecule has 0 aromatic carbocycles. The number of hydrogen-bond donors (Lipinski definition) is 1. The van der Waals surface area contributed by atoms with Crippen LogP contribution in [0.4, 0.5) is 13.2 Å². The SMILES string of the molecule is CC1CC1CNC1CCCC(C(F)(F)F)C1. The molecule has 1 N–H and O–H groups in total. The third kappa shape index (κ3) is 3.12. The molecule has 0 bridgehead atoms. The Balaban J connectivity index is 1.73. The lowest BCUT2D eigenvalue weighted by Crippen LogP contribution is -2.39. The van der Waals surface area contributed by atoms with E-state index >= 15 is 0 Å². The zero-order valence-electron chi connectivity index (χ0n) is 9.69. The zero-order valence-corrected chi connectivity index (χ0v) is 9.69. The van der Waals surface area contributed by atoms with E-state index in [1.54, 1.807) is 0 Å². The summed E-state index contributed by atoms with van der Waals surface area (Å²) >= 11 is 0. The Morgan fingerprint density at radius 1 is 1.19 bits per heavy atom. The van der Waals surface area contributed by atoms with E-state index in [2.05, 4.69) is 12.2 Å². The van der Waals surface area contributed by atoms with Gasteiger partial charge in [0.25, 0.3) is 0 Å². The van der Waals surface area contributed by atoms with Crippen LogP contribution in [0.3, 0.4) is 0 Å². The highest BCUT2D eigenvalue weighted by Gasteiger charge is 2.42. The molecule has 4 unspecified atom stereocenters. The van der Waals surface area contributed by atoms with Crippen molar-refractivity contribution in [3.63, 3.8) is 0 Å². The molecule has 4 atom stereocenters. The van der Waals surface area contributed by atoms with Crippen molar-refractivity contribution in [2.75, 3.05) is 6.54 Å². The fourth-order valence-electron chi connectivity index (χ4n) is 2.67. The molecule has 2 saturated carbocycles. The predicted octanol–water partition coefficient (Wildman–Crippen LogP) is 3.35. The lowest BCUT2D eigenvalue weighted by atomic mass is 9.85. The Morgan fingerprint density at radius 3 is 2.44 bits per heavy atom. The van der Waals surface area contributed by atoms with Gasteiger partial charge in [-0.25, -0.2) is 0 Å². The van der Waals surface area contributed by atoms with E-state index in [4.69, 9.17) is 0 Å². The van der Waals surface area contributed by atoms with Crippen LogP contribution in [0.15, 0.2) is 0 Å². The van der Waals surface area contributed by atoms with Gasteiger partial charge in [-0.15, -0.1) is 0 Å². The summed E-state index contributed by atoms with van der Waals surface area (Å²) in [6.07, 6.45) is -0.530. The number of hydrogen-bond acceptors (Lipinski definition) is 1. The quantitative estimate of drug-likeness (QED) is 0.791. The molecule has 0 spiro atoms. The average molecular weight is 235 g/mol. The van der Waals surface area contributed by atoms with Crippen molar-refractivity contribution in [1.82, 2.24) is 5.32 Å². The maximum absolute atomic E-state index is 12.6. The van der Waals surface area contributed by atoms with Crippen LogP contribution in [0.5, 0.6) is 0 Å². The fourth-order valence-corrected chi connectivity index (χ4v) is 2.67. The maximum atomic E-state index is 12.6. The van der Waals surface area contributed by atoms with Crippen molar-refractivity contribution >= 4 is 0 Å². The molecular weight excluding hydrogens is 215 g/mol. The van der Waals surface area contributed by atoms with Crippen LogP contribution in [0.25, 0.3) is 0 Å². The Bertz CT molecular complexity index is 239. The van der Waals surface area contributed by atoms with Crippen molar-refractivity contribution in [2.24, 2.45) is 17.8 Å². The molecular formula is C12H20F3N. The van der Waals surface area contributed by atoms with Crippen molar-refractivity contribution in [1.29, 1.82) is 0 Å². The van der Waals surface area contributed by atoms with Gasteiger partial charge in [-0.3, -0.25) is 0 Å². The van der Waals surface area contributed by atoms with Gasteiger partial charge in [-0.2, -0.15) is 13.2 Å². The third-order valence-corrected chi connectivity index (χ3v) is 4.08. The van der Waals surface area contributed by atoms with Crippen LogP contribution >= 0.6 is 0 Å². The first-order chi connectivity index (χ1) is 7.47. The van der Waals surface area contributed by atoms with E-state index < -0.39 is 12.1 Å². The van der Waals surface area contributed by atoms with Crippen molar-refractivity contribution in [3.05, 3.63) is 0 Å². The highest BCUT2D eigenvalue weighted by Crippen LogP contribution is 2.39. The van der Waals surface area contributed by atoms with E-state index in [1.165, 1.54) is 6.42 Å². The minimum atomic E-state index is -3.99. The largest absolute Gasteiger partial charge is 0.391 e. The molecule has 2 fully saturated rings. The summed E-state index contributed by atoms with van der Waals surface area (Å²) in [5, 5.41) is 3.32. The standard InChI is InChI=1S/C12H20F3N/c1-8-5-9(8)7-16-11-4-2-3-10(6-11)12(13,14)15/h8-11,16H,2-7H2,1H3. The molecule has 2 rings (SSSR count). The lowest BCUT2D eigenvalue weighted by Gasteiger charge is -2.31. The highest BCUT2D eigenvalue weighted by molar-refractivity contribution is 4.87. The molecule has 0 radical (unpaired) electrons. The van der Waals surface area contributed by atoms with Crippen LogP contribution in [-0.4, -0.2) is 18.8 Å². The van der Waals surface area contributed by atoms with Crippen LogP contribution < -0.4 is 5.32 Å². The molecule has 0 aromatic rings. The Labute approximate surface area is 94.8 Å². The first kappa shape index (κ1) is 12.2. The van der Waals surface area contributed by atoms with Crippen molar-refractivity contribution in [3.8, 4) is 0 Å². The van der Waals surface area contributed by atoms with Gasteiger partial charge in [0, 0.05) is 6.04 Å². The molecule has 0 amide bonds. The second kappa shape index (κ2) is 4.55. The van der Waals surface area contributed by atoms with Crippen LogP contribution in [0.2, 0.25) is 0 Å². The number of nitrogens with one attached hydrogen (secondary N) is 1. The van der Waals surface area contributed by atoms with Gasteiger partial charge in [0.2, 0.25) is 0 Å². The topological polar surface area (TPSA) is 12.0 Å². The zero-order chi connectivity index (χ0) is 11.8.